The zero-order valence-corrected chi connectivity index (χ0v) is 15.0. The molecule has 1 saturated carbocycles. The summed E-state index contributed by atoms with van der Waals surface area (Å²) in [6.07, 6.45) is 3.86. The smallest absolute Gasteiger partial charge is 0.225 e. The number of piperidine rings is 1. The highest BCUT2D eigenvalue weighted by molar-refractivity contribution is 5.79. The molecule has 0 bridgehead atoms. The van der Waals surface area contributed by atoms with E-state index in [4.69, 9.17) is 0 Å². The van der Waals surface area contributed by atoms with E-state index in [2.05, 4.69) is 10.2 Å². The molecule has 0 spiro atoms. The number of carbonyl (C=O) groups is 1. The number of benzene rings is 1. The van der Waals surface area contributed by atoms with Gasteiger partial charge in [-0.3, -0.25) is 9.89 Å². The van der Waals surface area contributed by atoms with Crippen LogP contribution in [0.4, 0.5) is 4.39 Å². The third kappa shape index (κ3) is 3.61. The molecule has 2 heterocycles. The van der Waals surface area contributed by atoms with Crippen LogP contribution in [0, 0.1) is 11.7 Å². The van der Waals surface area contributed by atoms with Crippen LogP contribution < -0.4 is 0 Å². The molecular formula is C20H24FN3O3. The number of aliphatic hydroxyl groups is 2. The minimum absolute atomic E-state index is 0.000160. The van der Waals surface area contributed by atoms with Crippen molar-refractivity contribution < 1.29 is 19.4 Å². The minimum atomic E-state index is -0.806. The summed E-state index contributed by atoms with van der Waals surface area (Å²) in [4.78, 5) is 14.4. The summed E-state index contributed by atoms with van der Waals surface area (Å²) in [5.74, 6) is -0.440. The number of hydrogen-bond donors (Lipinski definition) is 3. The molecule has 2 atom stereocenters. The van der Waals surface area contributed by atoms with Crippen LogP contribution in [0.5, 0.6) is 0 Å². The average molecular weight is 373 g/mol. The zero-order valence-electron chi connectivity index (χ0n) is 15.0. The van der Waals surface area contributed by atoms with Crippen LogP contribution in [0.15, 0.2) is 30.6 Å². The number of amides is 1. The SMILES string of the molecule is O=C(C1CC(O)C(O)C1)N1CCC(c2ccc(-c3cn[nH]c3)cc2F)CC1. The standard InChI is InChI=1S/C20H24FN3O3/c21-17-7-13(15-10-22-23-11-15)1-2-16(17)12-3-5-24(6-4-12)20(27)14-8-18(25)19(26)9-14/h1-2,7,10-12,14,18-19,25-26H,3-6,8-9H2,(H,22,23). The Morgan fingerprint density at radius 1 is 1.15 bits per heavy atom. The molecule has 1 aromatic heterocycles. The van der Waals surface area contributed by atoms with Gasteiger partial charge in [0.25, 0.3) is 0 Å². The number of H-pyrrole nitrogens is 1. The highest BCUT2D eigenvalue weighted by atomic mass is 19.1. The molecule has 2 aliphatic rings. The number of aromatic nitrogens is 2. The van der Waals surface area contributed by atoms with Crippen LogP contribution in [0.25, 0.3) is 11.1 Å². The van der Waals surface area contributed by atoms with Gasteiger partial charge in [-0.15, -0.1) is 0 Å². The van der Waals surface area contributed by atoms with E-state index in [0.29, 0.717) is 44.3 Å². The Morgan fingerprint density at radius 2 is 1.85 bits per heavy atom. The van der Waals surface area contributed by atoms with Gasteiger partial charge in [0, 0.05) is 30.8 Å². The lowest BCUT2D eigenvalue weighted by molar-refractivity contribution is -0.136. The molecule has 2 unspecified atom stereocenters. The molecule has 0 radical (unpaired) electrons. The number of halogens is 1. The average Bonchev–Trinajstić information content (AvgIpc) is 3.32. The van der Waals surface area contributed by atoms with Crippen molar-refractivity contribution in [3.8, 4) is 11.1 Å². The lowest BCUT2D eigenvalue weighted by Gasteiger charge is -2.34. The van der Waals surface area contributed by atoms with Crippen LogP contribution in [0.1, 0.15) is 37.2 Å². The van der Waals surface area contributed by atoms with Gasteiger partial charge in [-0.05, 0) is 48.8 Å². The van der Waals surface area contributed by atoms with Crippen molar-refractivity contribution in [3.05, 3.63) is 42.0 Å². The van der Waals surface area contributed by atoms with E-state index >= 15 is 0 Å². The maximum atomic E-state index is 14.6. The molecule has 6 nitrogen and oxygen atoms in total. The molecule has 4 rings (SSSR count). The van der Waals surface area contributed by atoms with Gasteiger partial charge in [-0.2, -0.15) is 5.10 Å². The number of nitrogens with one attached hydrogen (secondary N) is 1. The van der Waals surface area contributed by atoms with E-state index < -0.39 is 12.2 Å². The number of aromatic amines is 1. The first-order valence-electron chi connectivity index (χ1n) is 9.46. The molecule has 1 aromatic carbocycles. The predicted octanol–water partition coefficient (Wildman–Crippen LogP) is 2.05. The van der Waals surface area contributed by atoms with E-state index in [0.717, 1.165) is 11.1 Å². The first-order chi connectivity index (χ1) is 13.0. The number of carbonyl (C=O) groups excluding carboxylic acids is 1. The lowest BCUT2D eigenvalue weighted by Crippen LogP contribution is -2.41. The maximum absolute atomic E-state index is 14.6. The van der Waals surface area contributed by atoms with Crippen molar-refractivity contribution in [2.45, 2.75) is 43.8 Å². The molecule has 1 aliphatic heterocycles. The Labute approximate surface area is 157 Å². The summed E-state index contributed by atoms with van der Waals surface area (Å²) in [6, 6.07) is 5.28. The largest absolute Gasteiger partial charge is 0.390 e. The molecule has 1 saturated heterocycles. The molecule has 144 valence electrons. The van der Waals surface area contributed by atoms with E-state index in [1.807, 2.05) is 12.1 Å². The van der Waals surface area contributed by atoms with Crippen LogP contribution in [0.3, 0.4) is 0 Å². The van der Waals surface area contributed by atoms with Crippen molar-refractivity contribution in [1.82, 2.24) is 15.1 Å². The van der Waals surface area contributed by atoms with Crippen LogP contribution in [0.2, 0.25) is 0 Å². The van der Waals surface area contributed by atoms with Gasteiger partial charge in [0.2, 0.25) is 5.91 Å². The summed E-state index contributed by atoms with van der Waals surface area (Å²) in [5, 5.41) is 25.9. The third-order valence-electron chi connectivity index (χ3n) is 5.92. The van der Waals surface area contributed by atoms with Gasteiger partial charge in [0.1, 0.15) is 5.82 Å². The number of nitrogens with zero attached hydrogens (tertiary/aromatic N) is 2. The Balaban J connectivity index is 1.39. The zero-order chi connectivity index (χ0) is 19.0. The fraction of sp³-hybridized carbons (Fsp3) is 0.500. The fourth-order valence-corrected chi connectivity index (χ4v) is 4.31. The van der Waals surface area contributed by atoms with Crippen molar-refractivity contribution in [1.29, 1.82) is 0 Å². The quantitative estimate of drug-likeness (QED) is 0.768. The lowest BCUT2D eigenvalue weighted by atomic mass is 9.87. The predicted molar refractivity (Wildman–Crippen MR) is 97.3 cm³/mol. The molecule has 7 heteroatoms. The number of rotatable bonds is 3. The number of hydrogen-bond acceptors (Lipinski definition) is 4. The molecule has 2 fully saturated rings. The van der Waals surface area contributed by atoms with Crippen molar-refractivity contribution in [3.63, 3.8) is 0 Å². The van der Waals surface area contributed by atoms with Crippen molar-refractivity contribution >= 4 is 5.91 Å². The van der Waals surface area contributed by atoms with Gasteiger partial charge < -0.3 is 15.1 Å². The van der Waals surface area contributed by atoms with Gasteiger partial charge in [0.05, 0.1) is 18.4 Å². The Morgan fingerprint density at radius 3 is 2.44 bits per heavy atom. The summed E-state index contributed by atoms with van der Waals surface area (Å²) in [7, 11) is 0. The minimum Gasteiger partial charge on any atom is -0.390 e. The summed E-state index contributed by atoms with van der Waals surface area (Å²) >= 11 is 0. The van der Waals surface area contributed by atoms with Gasteiger partial charge in [0.15, 0.2) is 0 Å². The highest BCUT2D eigenvalue weighted by Crippen LogP contribution is 2.34. The number of aliphatic hydroxyl groups excluding tert-OH is 2. The molecule has 1 amide bonds. The second-order valence-corrected chi connectivity index (χ2v) is 7.63. The molecule has 27 heavy (non-hydrogen) atoms. The second kappa shape index (κ2) is 7.40. The monoisotopic (exact) mass is 373 g/mol. The highest BCUT2D eigenvalue weighted by Gasteiger charge is 2.38. The van der Waals surface area contributed by atoms with Crippen molar-refractivity contribution in [2.24, 2.45) is 5.92 Å². The molecule has 2 aromatic rings. The van der Waals surface area contributed by atoms with E-state index in [1.165, 1.54) is 0 Å². The van der Waals surface area contributed by atoms with E-state index in [1.54, 1.807) is 23.4 Å². The Kier molecular flexibility index (Phi) is 4.97. The van der Waals surface area contributed by atoms with Crippen LogP contribution in [-0.2, 0) is 4.79 Å². The van der Waals surface area contributed by atoms with Gasteiger partial charge in [-0.1, -0.05) is 12.1 Å². The van der Waals surface area contributed by atoms with Crippen LogP contribution >= 0.6 is 0 Å². The van der Waals surface area contributed by atoms with E-state index in [9.17, 15) is 19.4 Å². The topological polar surface area (TPSA) is 89.4 Å². The first kappa shape index (κ1) is 18.1. The summed E-state index contributed by atoms with van der Waals surface area (Å²) < 4.78 is 14.6. The summed E-state index contributed by atoms with van der Waals surface area (Å²) in [5.41, 5.74) is 2.33. The van der Waals surface area contributed by atoms with Crippen LogP contribution in [-0.4, -0.2) is 56.5 Å². The normalized spacial score (nSPS) is 26.5. The second-order valence-electron chi connectivity index (χ2n) is 7.63. The number of likely N-dealkylation sites (tertiary alicyclic amines) is 1. The molecular weight excluding hydrogens is 349 g/mol. The Hall–Kier alpha value is -2.25. The summed E-state index contributed by atoms with van der Waals surface area (Å²) in [6.45, 7) is 1.16. The molecule has 3 N–H and O–H groups in total. The molecule has 1 aliphatic carbocycles. The first-order valence-corrected chi connectivity index (χ1v) is 9.46. The van der Waals surface area contributed by atoms with Crippen molar-refractivity contribution in [2.75, 3.05) is 13.1 Å². The Bertz CT molecular complexity index is 793. The fourth-order valence-electron chi connectivity index (χ4n) is 4.31. The van der Waals surface area contributed by atoms with Gasteiger partial charge in [-0.25, -0.2) is 4.39 Å². The van der Waals surface area contributed by atoms with E-state index in [-0.39, 0.29) is 23.6 Å². The maximum Gasteiger partial charge on any atom is 0.225 e. The van der Waals surface area contributed by atoms with Gasteiger partial charge >= 0.3 is 0 Å². The third-order valence-corrected chi connectivity index (χ3v) is 5.92.